The van der Waals surface area contributed by atoms with Crippen molar-refractivity contribution >= 4 is 6.08 Å². The van der Waals surface area contributed by atoms with Gasteiger partial charge in [-0.05, 0) is 24.8 Å². The van der Waals surface area contributed by atoms with Gasteiger partial charge in [-0.25, -0.2) is 0 Å². The zero-order valence-electron chi connectivity index (χ0n) is 7.70. The van der Waals surface area contributed by atoms with Gasteiger partial charge in [0.25, 0.3) is 0 Å². The van der Waals surface area contributed by atoms with Gasteiger partial charge < -0.3 is 4.90 Å². The number of hydrogen-bond donors (Lipinski definition) is 0. The van der Waals surface area contributed by atoms with Gasteiger partial charge in [0, 0.05) is 13.6 Å². The molecule has 0 N–H and O–H groups in total. The minimum Gasteiger partial charge on any atom is -0.381 e. The molecule has 1 nitrogen and oxygen atoms in total. The van der Waals surface area contributed by atoms with Crippen molar-refractivity contribution < 1.29 is 0 Å². The van der Waals surface area contributed by atoms with Crippen molar-refractivity contribution in [2.75, 3.05) is 13.6 Å². The summed E-state index contributed by atoms with van der Waals surface area (Å²) in [5, 5.41) is 0. The second-order valence-corrected chi connectivity index (χ2v) is 2.80. The molecule has 0 aromatic heterocycles. The molecule has 0 unspecified atom stereocenters. The van der Waals surface area contributed by atoms with E-state index in [9.17, 15) is 0 Å². The third-order valence-electron chi connectivity index (χ3n) is 1.82. The number of rotatable bonds is 3. The summed E-state index contributed by atoms with van der Waals surface area (Å²) in [5.74, 6) is 0. The van der Waals surface area contributed by atoms with E-state index in [0.717, 1.165) is 6.54 Å². The van der Waals surface area contributed by atoms with Crippen LogP contribution in [-0.2, 0) is 0 Å². The van der Waals surface area contributed by atoms with Crippen LogP contribution in [0.3, 0.4) is 0 Å². The van der Waals surface area contributed by atoms with Crippen molar-refractivity contribution in [3.63, 3.8) is 0 Å². The molecule has 0 aliphatic rings. The SMILES string of the molecule is CCN(C)C=Cc1ccccc1. The second kappa shape index (κ2) is 4.60. The molecule has 0 spiro atoms. The molecule has 0 heterocycles. The molecule has 1 heteroatoms. The Labute approximate surface area is 74.3 Å². The summed E-state index contributed by atoms with van der Waals surface area (Å²) in [7, 11) is 2.07. The lowest BCUT2D eigenvalue weighted by Crippen LogP contribution is -2.07. The summed E-state index contributed by atoms with van der Waals surface area (Å²) in [5.41, 5.74) is 1.25. The van der Waals surface area contributed by atoms with Gasteiger partial charge in [-0.1, -0.05) is 30.3 Å². The van der Waals surface area contributed by atoms with Gasteiger partial charge in [-0.2, -0.15) is 0 Å². The lowest BCUT2D eigenvalue weighted by Gasteiger charge is -2.08. The highest BCUT2D eigenvalue weighted by molar-refractivity contribution is 5.48. The largest absolute Gasteiger partial charge is 0.381 e. The van der Waals surface area contributed by atoms with Crippen molar-refractivity contribution in [2.45, 2.75) is 6.92 Å². The first-order valence-electron chi connectivity index (χ1n) is 4.26. The summed E-state index contributed by atoms with van der Waals surface area (Å²) in [6.07, 6.45) is 4.21. The van der Waals surface area contributed by atoms with E-state index in [1.165, 1.54) is 5.56 Å². The fourth-order valence-corrected chi connectivity index (χ4v) is 0.883. The van der Waals surface area contributed by atoms with Gasteiger partial charge in [0.1, 0.15) is 0 Å². The molecule has 0 aliphatic heterocycles. The Morgan fingerprint density at radius 2 is 1.92 bits per heavy atom. The van der Waals surface area contributed by atoms with Gasteiger partial charge in [0.2, 0.25) is 0 Å². The maximum absolute atomic E-state index is 2.15. The molecule has 0 aliphatic carbocycles. The van der Waals surface area contributed by atoms with Crippen LogP contribution in [0.15, 0.2) is 36.5 Å². The van der Waals surface area contributed by atoms with Crippen molar-refractivity contribution in [1.29, 1.82) is 0 Å². The molecule has 0 saturated heterocycles. The molecule has 1 aromatic carbocycles. The zero-order chi connectivity index (χ0) is 8.81. The normalized spacial score (nSPS) is 10.5. The van der Waals surface area contributed by atoms with Gasteiger partial charge >= 0.3 is 0 Å². The van der Waals surface area contributed by atoms with Gasteiger partial charge in [0.05, 0.1) is 0 Å². The Morgan fingerprint density at radius 3 is 2.50 bits per heavy atom. The number of nitrogens with zero attached hydrogens (tertiary/aromatic N) is 1. The topological polar surface area (TPSA) is 3.24 Å². The van der Waals surface area contributed by atoms with Crippen LogP contribution in [0, 0.1) is 0 Å². The summed E-state index contributed by atoms with van der Waals surface area (Å²) in [6.45, 7) is 3.18. The average molecular weight is 161 g/mol. The molecular formula is C11H15N. The first-order chi connectivity index (χ1) is 5.83. The van der Waals surface area contributed by atoms with E-state index >= 15 is 0 Å². The molecular weight excluding hydrogens is 146 g/mol. The summed E-state index contributed by atoms with van der Waals surface area (Å²) < 4.78 is 0. The maximum atomic E-state index is 2.15. The first-order valence-corrected chi connectivity index (χ1v) is 4.26. The molecule has 0 radical (unpaired) electrons. The van der Waals surface area contributed by atoms with Gasteiger partial charge in [-0.15, -0.1) is 0 Å². The Hall–Kier alpha value is -1.24. The fraction of sp³-hybridized carbons (Fsp3) is 0.273. The minimum absolute atomic E-state index is 1.04. The van der Waals surface area contributed by atoms with Crippen molar-refractivity contribution in [3.05, 3.63) is 42.1 Å². The lowest BCUT2D eigenvalue weighted by atomic mass is 10.2. The summed E-state index contributed by atoms with van der Waals surface area (Å²) in [6, 6.07) is 10.3. The molecule has 64 valence electrons. The highest BCUT2D eigenvalue weighted by atomic mass is 15.1. The Bertz CT molecular complexity index is 238. The summed E-state index contributed by atoms with van der Waals surface area (Å²) >= 11 is 0. The van der Waals surface area contributed by atoms with Crippen LogP contribution in [0.25, 0.3) is 6.08 Å². The molecule has 12 heavy (non-hydrogen) atoms. The Kier molecular flexibility index (Phi) is 3.39. The lowest BCUT2D eigenvalue weighted by molar-refractivity contribution is 0.487. The smallest absolute Gasteiger partial charge is 0.0140 e. The van der Waals surface area contributed by atoms with E-state index < -0.39 is 0 Å². The highest BCUT2D eigenvalue weighted by Gasteiger charge is 1.84. The van der Waals surface area contributed by atoms with E-state index in [1.54, 1.807) is 0 Å². The predicted octanol–water partition coefficient (Wildman–Crippen LogP) is 2.61. The second-order valence-electron chi connectivity index (χ2n) is 2.80. The average Bonchev–Trinajstić information content (AvgIpc) is 2.16. The van der Waals surface area contributed by atoms with Gasteiger partial charge in [-0.3, -0.25) is 0 Å². The fourth-order valence-electron chi connectivity index (χ4n) is 0.883. The van der Waals surface area contributed by atoms with Crippen LogP contribution in [0.2, 0.25) is 0 Å². The number of benzene rings is 1. The van der Waals surface area contributed by atoms with Crippen LogP contribution >= 0.6 is 0 Å². The maximum Gasteiger partial charge on any atom is 0.0140 e. The molecule has 0 saturated carbocycles. The van der Waals surface area contributed by atoms with E-state index in [1.807, 2.05) is 18.2 Å². The first kappa shape index (κ1) is 8.85. The van der Waals surface area contributed by atoms with Gasteiger partial charge in [0.15, 0.2) is 0 Å². The van der Waals surface area contributed by atoms with E-state index in [0.29, 0.717) is 0 Å². The van der Waals surface area contributed by atoms with Crippen molar-refractivity contribution in [3.8, 4) is 0 Å². The van der Waals surface area contributed by atoms with E-state index in [4.69, 9.17) is 0 Å². The minimum atomic E-state index is 1.04. The third kappa shape index (κ3) is 2.79. The predicted molar refractivity (Wildman–Crippen MR) is 53.8 cm³/mol. The molecule has 0 bridgehead atoms. The quantitative estimate of drug-likeness (QED) is 0.658. The zero-order valence-corrected chi connectivity index (χ0v) is 7.70. The Balaban J connectivity index is 2.58. The highest BCUT2D eigenvalue weighted by Crippen LogP contribution is 2.01. The number of hydrogen-bond acceptors (Lipinski definition) is 1. The molecule has 0 fully saturated rings. The standard InChI is InChI=1S/C11H15N/c1-3-12(2)10-9-11-7-5-4-6-8-11/h4-10H,3H2,1-2H3. The Morgan fingerprint density at radius 1 is 1.25 bits per heavy atom. The third-order valence-corrected chi connectivity index (χ3v) is 1.82. The van der Waals surface area contributed by atoms with Crippen LogP contribution in [0.1, 0.15) is 12.5 Å². The molecule has 0 amide bonds. The van der Waals surface area contributed by atoms with E-state index in [2.05, 4.69) is 43.3 Å². The monoisotopic (exact) mass is 161 g/mol. The van der Waals surface area contributed by atoms with Crippen LogP contribution in [0.4, 0.5) is 0 Å². The molecule has 1 rings (SSSR count). The van der Waals surface area contributed by atoms with E-state index in [-0.39, 0.29) is 0 Å². The molecule has 0 atom stereocenters. The summed E-state index contributed by atoms with van der Waals surface area (Å²) in [4.78, 5) is 2.15. The van der Waals surface area contributed by atoms with Crippen molar-refractivity contribution in [2.24, 2.45) is 0 Å². The van der Waals surface area contributed by atoms with Crippen LogP contribution in [-0.4, -0.2) is 18.5 Å². The van der Waals surface area contributed by atoms with Crippen LogP contribution in [0.5, 0.6) is 0 Å². The van der Waals surface area contributed by atoms with Crippen molar-refractivity contribution in [1.82, 2.24) is 4.90 Å². The van der Waals surface area contributed by atoms with Crippen LogP contribution < -0.4 is 0 Å². The molecule has 1 aromatic rings.